The van der Waals surface area contributed by atoms with Gasteiger partial charge in [0, 0.05) is 21.4 Å². The van der Waals surface area contributed by atoms with Crippen LogP contribution >= 0.6 is 15.9 Å². The fourth-order valence-corrected chi connectivity index (χ4v) is 4.19. The van der Waals surface area contributed by atoms with E-state index in [2.05, 4.69) is 26.7 Å². The number of hydrogen-bond acceptors (Lipinski definition) is 2. The van der Waals surface area contributed by atoms with Crippen molar-refractivity contribution in [3.05, 3.63) is 45.7 Å². The molecule has 0 amide bonds. The lowest BCUT2D eigenvalue weighted by molar-refractivity contribution is 0.396. The Morgan fingerprint density at radius 1 is 1.39 bits per heavy atom. The van der Waals surface area contributed by atoms with Crippen molar-refractivity contribution >= 4 is 27.3 Å². The molecule has 128 valence electrons. The highest BCUT2D eigenvalue weighted by atomic mass is 79.9. The summed E-state index contributed by atoms with van der Waals surface area (Å²) in [6.07, 6.45) is 7.46. The van der Waals surface area contributed by atoms with Gasteiger partial charge in [0.2, 0.25) is 0 Å². The molecule has 2 nitrogen and oxygen atoms in total. The van der Waals surface area contributed by atoms with E-state index in [9.17, 15) is 8.94 Å². The maximum atomic E-state index is 14.5. The molecule has 23 heavy (non-hydrogen) atoms. The van der Waals surface area contributed by atoms with Gasteiger partial charge >= 0.3 is 0 Å². The van der Waals surface area contributed by atoms with E-state index >= 15 is 0 Å². The molecular weight excluding hydrogens is 377 g/mol. The number of allylic oxidation sites excluding steroid dienone is 1. The molecular formula is C18H25BrFNOS. The molecule has 5 heteroatoms. The van der Waals surface area contributed by atoms with Crippen LogP contribution in [-0.2, 0) is 16.9 Å². The van der Waals surface area contributed by atoms with Gasteiger partial charge in [0.15, 0.2) is 0 Å². The molecule has 0 aliphatic heterocycles. The summed E-state index contributed by atoms with van der Waals surface area (Å²) in [4.78, 5) is 0. The molecule has 0 heterocycles. The summed E-state index contributed by atoms with van der Waals surface area (Å²) in [7, 11) is 0. The van der Waals surface area contributed by atoms with E-state index in [0.717, 1.165) is 17.3 Å². The molecule has 0 spiro atoms. The van der Waals surface area contributed by atoms with Gasteiger partial charge in [-0.2, -0.15) is 0 Å². The van der Waals surface area contributed by atoms with E-state index in [1.807, 2.05) is 20.8 Å². The number of rotatable bonds is 6. The number of nitrogens with one attached hydrogen (secondary N) is 1. The first-order chi connectivity index (χ1) is 10.8. The predicted molar refractivity (Wildman–Crippen MR) is 99.0 cm³/mol. The Morgan fingerprint density at radius 3 is 2.74 bits per heavy atom. The van der Waals surface area contributed by atoms with Crippen LogP contribution in [0.1, 0.15) is 58.4 Å². The largest absolute Gasteiger partial charge is 0.598 e. The minimum atomic E-state index is -1.22. The number of benzene rings is 1. The third-order valence-electron chi connectivity index (χ3n) is 4.24. The highest BCUT2D eigenvalue weighted by Crippen LogP contribution is 2.36. The normalized spacial score (nSPS) is 19.3. The monoisotopic (exact) mass is 401 g/mol. The van der Waals surface area contributed by atoms with Crippen molar-refractivity contribution in [3.63, 3.8) is 0 Å². The van der Waals surface area contributed by atoms with Crippen molar-refractivity contribution in [1.29, 1.82) is 0 Å². The first-order valence-corrected chi connectivity index (χ1v) is 10.1. The lowest BCUT2D eigenvalue weighted by Crippen LogP contribution is -2.47. The quantitative estimate of drug-likeness (QED) is 0.514. The van der Waals surface area contributed by atoms with Gasteiger partial charge in [-0.25, -0.2) is 4.39 Å². The molecule has 2 rings (SSSR count). The molecule has 2 atom stereocenters. The number of halogens is 2. The van der Waals surface area contributed by atoms with E-state index in [-0.39, 0.29) is 11.1 Å². The van der Waals surface area contributed by atoms with Crippen molar-refractivity contribution in [1.82, 2.24) is 4.72 Å². The van der Waals surface area contributed by atoms with Gasteiger partial charge < -0.3 is 4.55 Å². The zero-order chi connectivity index (χ0) is 17.0. The summed E-state index contributed by atoms with van der Waals surface area (Å²) in [6.45, 7) is 5.76. The second kappa shape index (κ2) is 8.15. The van der Waals surface area contributed by atoms with Gasteiger partial charge in [0.05, 0.1) is 5.54 Å². The first-order valence-electron chi connectivity index (χ1n) is 8.13. The molecule has 0 bridgehead atoms. The summed E-state index contributed by atoms with van der Waals surface area (Å²) in [5, 5.41) is -0.0233. The average molecular weight is 402 g/mol. The minimum absolute atomic E-state index is 0.0233. The SMILES string of the molecule is CC(C)[S@@+]([O-])NC(C)(CC1=CCCCC1)c1cc(Br)ccc1F. The lowest BCUT2D eigenvalue weighted by Gasteiger charge is -2.34. The highest BCUT2D eigenvalue weighted by Gasteiger charge is 2.36. The second-order valence-electron chi connectivity index (χ2n) is 6.69. The van der Waals surface area contributed by atoms with E-state index in [0.29, 0.717) is 12.0 Å². The fourth-order valence-electron chi connectivity index (χ4n) is 2.97. The first kappa shape index (κ1) is 19.0. The Morgan fingerprint density at radius 2 is 2.13 bits per heavy atom. The molecule has 1 aromatic carbocycles. The summed E-state index contributed by atoms with van der Waals surface area (Å²) in [5.74, 6) is -0.264. The summed E-state index contributed by atoms with van der Waals surface area (Å²) < 4.78 is 30.9. The summed E-state index contributed by atoms with van der Waals surface area (Å²) in [6, 6.07) is 4.95. The molecule has 0 radical (unpaired) electrons. The van der Waals surface area contributed by atoms with Crippen molar-refractivity contribution in [3.8, 4) is 0 Å². The molecule has 0 saturated heterocycles. The molecule has 1 aliphatic rings. The lowest BCUT2D eigenvalue weighted by atomic mass is 9.83. The Bertz CT molecular complexity index is 578. The van der Waals surface area contributed by atoms with E-state index in [4.69, 9.17) is 0 Å². The van der Waals surface area contributed by atoms with Crippen LogP contribution in [0.2, 0.25) is 0 Å². The fraction of sp³-hybridized carbons (Fsp3) is 0.556. The van der Waals surface area contributed by atoms with Gasteiger partial charge in [0.25, 0.3) is 0 Å². The van der Waals surface area contributed by atoms with Crippen molar-refractivity contribution < 1.29 is 8.94 Å². The minimum Gasteiger partial charge on any atom is -0.598 e. The van der Waals surface area contributed by atoms with Gasteiger partial charge in [0.1, 0.15) is 11.1 Å². The van der Waals surface area contributed by atoms with Gasteiger partial charge in [-0.15, -0.1) is 4.72 Å². The van der Waals surface area contributed by atoms with Crippen LogP contribution in [0.25, 0.3) is 0 Å². The molecule has 0 aromatic heterocycles. The Hall–Kier alpha value is -0.360. The van der Waals surface area contributed by atoms with Crippen molar-refractivity contribution in [2.75, 3.05) is 0 Å². The van der Waals surface area contributed by atoms with E-state index in [1.165, 1.54) is 24.5 Å². The van der Waals surface area contributed by atoms with Crippen LogP contribution < -0.4 is 4.72 Å². The standard InChI is InChI=1S/C18H25BrFNOS/c1-13(2)23(22)21-18(3,12-14-7-5-4-6-8-14)16-11-15(19)9-10-17(16)20/h7,9-11,13,21H,4-6,8,12H2,1-3H3/t18?,23-/m1/s1. The van der Waals surface area contributed by atoms with Crippen LogP contribution in [0.3, 0.4) is 0 Å². The topological polar surface area (TPSA) is 35.1 Å². The Kier molecular flexibility index (Phi) is 6.72. The average Bonchev–Trinajstić information content (AvgIpc) is 2.50. The van der Waals surface area contributed by atoms with Gasteiger partial charge in [-0.05, 0) is 71.1 Å². The molecule has 1 unspecified atom stereocenters. The van der Waals surface area contributed by atoms with Crippen molar-refractivity contribution in [2.24, 2.45) is 0 Å². The van der Waals surface area contributed by atoms with Crippen LogP contribution in [0.15, 0.2) is 34.3 Å². The molecule has 0 saturated carbocycles. The Labute approximate surface area is 150 Å². The smallest absolute Gasteiger partial charge is 0.129 e. The zero-order valence-corrected chi connectivity index (χ0v) is 16.4. The molecule has 0 fully saturated rings. The van der Waals surface area contributed by atoms with E-state index in [1.54, 1.807) is 12.1 Å². The Balaban J connectivity index is 2.36. The van der Waals surface area contributed by atoms with Crippen molar-refractivity contribution in [2.45, 2.75) is 63.7 Å². The van der Waals surface area contributed by atoms with Gasteiger partial charge in [-0.3, -0.25) is 0 Å². The molecule has 1 N–H and O–H groups in total. The summed E-state index contributed by atoms with van der Waals surface area (Å²) in [5.41, 5.74) is 1.20. The van der Waals surface area contributed by atoms with Crippen LogP contribution in [-0.4, -0.2) is 9.80 Å². The zero-order valence-electron chi connectivity index (χ0n) is 14.0. The van der Waals surface area contributed by atoms with Crippen LogP contribution in [0.5, 0.6) is 0 Å². The maximum Gasteiger partial charge on any atom is 0.129 e. The predicted octanol–water partition coefficient (Wildman–Crippen LogP) is 5.36. The maximum absolute atomic E-state index is 14.5. The highest BCUT2D eigenvalue weighted by molar-refractivity contribution is 9.10. The number of hydrogen-bond donors (Lipinski definition) is 1. The van der Waals surface area contributed by atoms with Crippen LogP contribution in [0.4, 0.5) is 4.39 Å². The third kappa shape index (κ3) is 5.05. The van der Waals surface area contributed by atoms with E-state index < -0.39 is 16.9 Å². The molecule has 1 aromatic rings. The van der Waals surface area contributed by atoms with Gasteiger partial charge in [-0.1, -0.05) is 27.6 Å². The second-order valence-corrected chi connectivity index (χ2v) is 9.35. The molecule has 1 aliphatic carbocycles. The van der Waals surface area contributed by atoms with Crippen LogP contribution in [0, 0.1) is 5.82 Å². The summed E-state index contributed by atoms with van der Waals surface area (Å²) >= 11 is 2.20. The third-order valence-corrected chi connectivity index (χ3v) is 6.24.